The van der Waals surface area contributed by atoms with Crippen LogP contribution in [0.25, 0.3) is 0 Å². The number of nitrogens with zero attached hydrogens (tertiary/aromatic N) is 3. The number of ether oxygens (including phenoxy) is 1. The first-order valence-corrected chi connectivity index (χ1v) is 8.78. The summed E-state index contributed by atoms with van der Waals surface area (Å²) in [4.78, 5) is 44.9. The van der Waals surface area contributed by atoms with Crippen LogP contribution in [0.1, 0.15) is 27.2 Å². The number of carbonyl (C=O) groups is 3. The van der Waals surface area contributed by atoms with Crippen LogP contribution in [0.2, 0.25) is 0 Å². The zero-order chi connectivity index (χ0) is 21.3. The van der Waals surface area contributed by atoms with Gasteiger partial charge in [0.15, 0.2) is 6.61 Å². The van der Waals surface area contributed by atoms with Crippen LogP contribution in [0.3, 0.4) is 0 Å². The second-order valence-corrected chi connectivity index (χ2v) is 6.98. The van der Waals surface area contributed by atoms with E-state index in [1.807, 2.05) is 20.8 Å². The van der Waals surface area contributed by atoms with Crippen molar-refractivity contribution in [1.29, 1.82) is 0 Å². The van der Waals surface area contributed by atoms with Gasteiger partial charge in [0, 0.05) is 20.0 Å². The lowest BCUT2D eigenvalue weighted by atomic mass is 10.1. The molecule has 11 nitrogen and oxygen atoms in total. The molecule has 11 heteroatoms. The first kappa shape index (κ1) is 23.2. The third-order valence-electron chi connectivity index (χ3n) is 3.48. The predicted molar refractivity (Wildman–Crippen MR) is 101 cm³/mol. The largest absolute Gasteiger partial charge is 0.444 e. The van der Waals surface area contributed by atoms with Gasteiger partial charge in [-0.25, -0.2) is 9.59 Å². The molecule has 2 aliphatic rings. The summed E-state index contributed by atoms with van der Waals surface area (Å²) >= 11 is 0. The van der Waals surface area contributed by atoms with E-state index >= 15 is 0 Å². The highest BCUT2D eigenvalue weighted by Gasteiger charge is 2.44. The fraction of sp³-hybridized carbons (Fsp3) is 0.647. The minimum absolute atomic E-state index is 0.188. The fourth-order valence-electron chi connectivity index (χ4n) is 2.37. The Labute approximate surface area is 164 Å². The molecule has 2 saturated heterocycles. The van der Waals surface area contributed by atoms with E-state index < -0.39 is 5.91 Å². The van der Waals surface area contributed by atoms with Gasteiger partial charge in [-0.2, -0.15) is 5.06 Å². The van der Waals surface area contributed by atoms with Crippen molar-refractivity contribution in [3.63, 3.8) is 0 Å². The number of alkyl carbamates (subject to hydrolysis) is 1. The number of hydrogen-bond acceptors (Lipinski definition) is 7. The topological polar surface area (TPSA) is 136 Å². The van der Waals surface area contributed by atoms with Gasteiger partial charge in [0.2, 0.25) is 0 Å². The van der Waals surface area contributed by atoms with Crippen LogP contribution >= 0.6 is 0 Å². The zero-order valence-corrected chi connectivity index (χ0v) is 16.8. The SMILES string of the molecule is C=CCON1C(=O)N2CC/C(=N/OCC(N)=O)C1C2.CNC(=O)OC(C)(C)C. The maximum atomic E-state index is 11.9. The molecule has 3 N–H and O–H groups in total. The number of oxime groups is 1. The molecule has 2 fully saturated rings. The number of nitrogens with two attached hydrogens (primary N) is 1. The van der Waals surface area contributed by atoms with E-state index in [1.54, 1.807) is 11.0 Å². The standard InChI is InChI=1S/C11H16N4O4.C6H13NO2/c1-2-5-19-15-9-6-14(11(15)17)4-3-8(9)13-18-7-10(12)16;1-6(2,3)9-5(8)7-4/h2,9H,1,3-7H2,(H2,12,16);1-4H3,(H,7,8)/b13-8-;. The molecule has 2 rings (SSSR count). The van der Waals surface area contributed by atoms with Gasteiger partial charge in [0.25, 0.3) is 5.91 Å². The molecule has 4 amide bonds. The van der Waals surface area contributed by atoms with Crippen molar-refractivity contribution in [3.8, 4) is 0 Å². The van der Waals surface area contributed by atoms with Crippen molar-refractivity contribution in [2.75, 3.05) is 33.4 Å². The van der Waals surface area contributed by atoms with Gasteiger partial charge in [-0.15, -0.1) is 6.58 Å². The lowest BCUT2D eigenvalue weighted by molar-refractivity contribution is -0.122. The quantitative estimate of drug-likeness (QED) is 0.496. The van der Waals surface area contributed by atoms with E-state index in [2.05, 4.69) is 17.1 Å². The number of primary amides is 1. The molecule has 0 aliphatic carbocycles. The number of urea groups is 1. The van der Waals surface area contributed by atoms with Gasteiger partial charge in [-0.1, -0.05) is 11.2 Å². The zero-order valence-electron chi connectivity index (χ0n) is 16.8. The number of carbonyl (C=O) groups excluding carboxylic acids is 3. The second kappa shape index (κ2) is 10.5. The number of hydrogen-bond donors (Lipinski definition) is 2. The van der Waals surface area contributed by atoms with Crippen molar-refractivity contribution in [1.82, 2.24) is 15.3 Å². The Kier molecular flexibility index (Phi) is 8.71. The van der Waals surface area contributed by atoms with Crippen molar-refractivity contribution < 1.29 is 28.8 Å². The van der Waals surface area contributed by atoms with Crippen molar-refractivity contribution in [3.05, 3.63) is 12.7 Å². The van der Waals surface area contributed by atoms with E-state index in [1.165, 1.54) is 12.1 Å². The molecule has 0 aromatic rings. The molecule has 1 unspecified atom stereocenters. The molecule has 158 valence electrons. The summed E-state index contributed by atoms with van der Waals surface area (Å²) in [5.41, 5.74) is 5.24. The Balaban J connectivity index is 0.000000370. The first-order valence-electron chi connectivity index (χ1n) is 8.78. The van der Waals surface area contributed by atoms with Gasteiger partial charge < -0.3 is 25.5 Å². The Morgan fingerprint density at radius 3 is 2.61 bits per heavy atom. The molecule has 2 aliphatic heterocycles. The average molecular weight is 399 g/mol. The van der Waals surface area contributed by atoms with Gasteiger partial charge in [0.05, 0.1) is 18.9 Å². The Hall–Kier alpha value is -2.82. The first-order chi connectivity index (χ1) is 13.1. The summed E-state index contributed by atoms with van der Waals surface area (Å²) < 4.78 is 4.84. The van der Waals surface area contributed by atoms with E-state index in [-0.39, 0.29) is 37.0 Å². The molecule has 28 heavy (non-hydrogen) atoms. The molecular formula is C17H29N5O6. The lowest BCUT2D eigenvalue weighted by Gasteiger charge is -2.23. The number of piperidine rings is 1. The normalized spacial score (nSPS) is 19.6. The highest BCUT2D eigenvalue weighted by Crippen LogP contribution is 2.24. The number of amides is 4. The number of nitrogens with one attached hydrogen (secondary N) is 1. The van der Waals surface area contributed by atoms with Crippen LogP contribution in [0.5, 0.6) is 0 Å². The smallest absolute Gasteiger partial charge is 0.407 e. The van der Waals surface area contributed by atoms with Crippen LogP contribution in [0, 0.1) is 0 Å². The summed E-state index contributed by atoms with van der Waals surface area (Å²) in [5, 5.41) is 7.52. The van der Waals surface area contributed by atoms with Crippen LogP contribution in [-0.2, 0) is 19.2 Å². The van der Waals surface area contributed by atoms with Crippen LogP contribution in [-0.4, -0.2) is 78.7 Å². The maximum Gasteiger partial charge on any atom is 0.407 e. The van der Waals surface area contributed by atoms with Gasteiger partial charge in [0.1, 0.15) is 11.6 Å². The molecular weight excluding hydrogens is 370 g/mol. The summed E-state index contributed by atoms with van der Waals surface area (Å²) in [6.07, 6.45) is 1.76. The Bertz CT molecular complexity index is 616. The highest BCUT2D eigenvalue weighted by atomic mass is 16.7. The van der Waals surface area contributed by atoms with E-state index in [9.17, 15) is 14.4 Å². The molecule has 0 saturated carbocycles. The summed E-state index contributed by atoms with van der Waals surface area (Å²) in [7, 11) is 1.54. The molecule has 0 aromatic heterocycles. The monoisotopic (exact) mass is 399 g/mol. The summed E-state index contributed by atoms with van der Waals surface area (Å²) in [6.45, 7) is 10.0. The van der Waals surface area contributed by atoms with Crippen molar-refractivity contribution in [2.24, 2.45) is 10.9 Å². The van der Waals surface area contributed by atoms with E-state index in [0.29, 0.717) is 25.2 Å². The number of fused-ring (bicyclic) bond motifs is 2. The van der Waals surface area contributed by atoms with Gasteiger partial charge in [-0.3, -0.25) is 9.63 Å². The van der Waals surface area contributed by atoms with Gasteiger partial charge in [-0.05, 0) is 20.8 Å². The molecule has 2 heterocycles. The van der Waals surface area contributed by atoms with E-state index in [4.69, 9.17) is 20.1 Å². The molecule has 1 atom stereocenters. The summed E-state index contributed by atoms with van der Waals surface area (Å²) in [5.74, 6) is -0.593. The third kappa shape index (κ3) is 7.43. The highest BCUT2D eigenvalue weighted by molar-refractivity contribution is 5.97. The Morgan fingerprint density at radius 1 is 1.43 bits per heavy atom. The van der Waals surface area contributed by atoms with Crippen LogP contribution < -0.4 is 11.1 Å². The number of rotatable bonds is 6. The van der Waals surface area contributed by atoms with Crippen LogP contribution in [0.4, 0.5) is 9.59 Å². The minimum Gasteiger partial charge on any atom is -0.444 e. The molecule has 2 bridgehead atoms. The number of hydroxylamine groups is 2. The summed E-state index contributed by atoms with van der Waals surface area (Å²) in [6, 6.07) is -0.471. The van der Waals surface area contributed by atoms with Crippen molar-refractivity contribution in [2.45, 2.75) is 38.8 Å². The maximum absolute atomic E-state index is 11.9. The van der Waals surface area contributed by atoms with Gasteiger partial charge >= 0.3 is 12.1 Å². The Morgan fingerprint density at radius 2 is 2.11 bits per heavy atom. The third-order valence-corrected chi connectivity index (χ3v) is 3.48. The van der Waals surface area contributed by atoms with E-state index in [0.717, 1.165) is 0 Å². The van der Waals surface area contributed by atoms with Crippen LogP contribution in [0.15, 0.2) is 17.8 Å². The molecule has 0 aromatic carbocycles. The predicted octanol–water partition coefficient (Wildman–Crippen LogP) is 0.613. The lowest BCUT2D eigenvalue weighted by Crippen LogP contribution is -2.40. The van der Waals surface area contributed by atoms with Crippen molar-refractivity contribution >= 4 is 23.7 Å². The minimum atomic E-state index is -0.593. The molecule has 0 spiro atoms. The molecule has 0 radical (unpaired) electrons. The second-order valence-electron chi connectivity index (χ2n) is 6.98. The fourth-order valence-corrected chi connectivity index (χ4v) is 2.37. The average Bonchev–Trinajstić information content (AvgIpc) is 2.85.